The zero-order valence-corrected chi connectivity index (χ0v) is 8.74. The molecule has 0 spiro atoms. The SMILES string of the molecule is COCc1noc(N)c1-c1ccc(F)cc1. The number of nitrogens with two attached hydrogens (primary N) is 1. The Bertz CT molecular complexity index is 479. The van der Waals surface area contributed by atoms with Crippen LogP contribution in [0.3, 0.4) is 0 Å². The lowest BCUT2D eigenvalue weighted by Crippen LogP contribution is -1.92. The number of halogens is 1. The fourth-order valence-corrected chi connectivity index (χ4v) is 1.50. The van der Waals surface area contributed by atoms with E-state index in [2.05, 4.69) is 5.16 Å². The maximum absolute atomic E-state index is 12.8. The van der Waals surface area contributed by atoms with Gasteiger partial charge in [0.2, 0.25) is 5.88 Å². The summed E-state index contributed by atoms with van der Waals surface area (Å²) in [5, 5.41) is 3.79. The fourth-order valence-electron chi connectivity index (χ4n) is 1.50. The summed E-state index contributed by atoms with van der Waals surface area (Å²) in [6.07, 6.45) is 0. The quantitative estimate of drug-likeness (QED) is 0.864. The minimum Gasteiger partial charge on any atom is -0.378 e. The number of nitrogen functional groups attached to an aromatic ring is 1. The molecule has 1 heterocycles. The second-order valence-corrected chi connectivity index (χ2v) is 3.31. The van der Waals surface area contributed by atoms with E-state index < -0.39 is 0 Å². The van der Waals surface area contributed by atoms with Crippen LogP contribution >= 0.6 is 0 Å². The molecular weight excluding hydrogens is 211 g/mol. The van der Waals surface area contributed by atoms with E-state index in [9.17, 15) is 4.39 Å². The highest BCUT2D eigenvalue weighted by atomic mass is 19.1. The van der Waals surface area contributed by atoms with E-state index in [-0.39, 0.29) is 11.7 Å². The van der Waals surface area contributed by atoms with Crippen molar-refractivity contribution >= 4 is 5.88 Å². The van der Waals surface area contributed by atoms with Crippen LogP contribution in [0.2, 0.25) is 0 Å². The minimum absolute atomic E-state index is 0.207. The lowest BCUT2D eigenvalue weighted by Gasteiger charge is -2.01. The second-order valence-electron chi connectivity index (χ2n) is 3.31. The highest BCUT2D eigenvalue weighted by Gasteiger charge is 2.15. The Kier molecular flexibility index (Phi) is 2.87. The maximum Gasteiger partial charge on any atom is 0.230 e. The first kappa shape index (κ1) is 10.6. The summed E-state index contributed by atoms with van der Waals surface area (Å²) < 4.78 is 22.6. The molecule has 0 unspecified atom stereocenters. The number of rotatable bonds is 3. The van der Waals surface area contributed by atoms with Gasteiger partial charge in [0.1, 0.15) is 11.5 Å². The first-order valence-electron chi connectivity index (χ1n) is 4.71. The molecule has 0 aliphatic rings. The van der Waals surface area contributed by atoms with E-state index in [1.807, 2.05) is 0 Å². The number of hydrogen-bond donors (Lipinski definition) is 1. The van der Waals surface area contributed by atoms with Gasteiger partial charge in [-0.15, -0.1) is 0 Å². The number of anilines is 1. The summed E-state index contributed by atoms with van der Waals surface area (Å²) in [7, 11) is 1.55. The number of nitrogens with zero attached hydrogens (tertiary/aromatic N) is 1. The molecule has 16 heavy (non-hydrogen) atoms. The van der Waals surface area contributed by atoms with Gasteiger partial charge >= 0.3 is 0 Å². The highest BCUT2D eigenvalue weighted by Crippen LogP contribution is 2.30. The van der Waals surface area contributed by atoms with Gasteiger partial charge in [0, 0.05) is 7.11 Å². The van der Waals surface area contributed by atoms with Crippen LogP contribution < -0.4 is 5.73 Å². The molecule has 0 fully saturated rings. The molecule has 0 aliphatic carbocycles. The average Bonchev–Trinajstić information content (AvgIpc) is 2.62. The molecule has 0 amide bonds. The van der Waals surface area contributed by atoms with E-state index in [4.69, 9.17) is 15.0 Å². The van der Waals surface area contributed by atoms with Crippen molar-refractivity contribution < 1.29 is 13.7 Å². The molecule has 1 aromatic heterocycles. The average molecular weight is 222 g/mol. The third-order valence-electron chi connectivity index (χ3n) is 2.20. The van der Waals surface area contributed by atoms with Gasteiger partial charge in [0.05, 0.1) is 12.2 Å². The van der Waals surface area contributed by atoms with Crippen LogP contribution in [-0.2, 0) is 11.3 Å². The van der Waals surface area contributed by atoms with E-state index in [1.54, 1.807) is 19.2 Å². The monoisotopic (exact) mass is 222 g/mol. The molecule has 0 atom stereocenters. The van der Waals surface area contributed by atoms with E-state index in [0.717, 1.165) is 5.56 Å². The van der Waals surface area contributed by atoms with Crippen molar-refractivity contribution in [2.24, 2.45) is 0 Å². The molecule has 0 aliphatic heterocycles. The Labute approximate surface area is 91.8 Å². The number of ether oxygens (including phenoxy) is 1. The van der Waals surface area contributed by atoms with Gasteiger partial charge in [-0.05, 0) is 17.7 Å². The smallest absolute Gasteiger partial charge is 0.230 e. The molecule has 0 saturated carbocycles. The molecular formula is C11H11FN2O2. The summed E-state index contributed by atoms with van der Waals surface area (Å²) in [4.78, 5) is 0. The summed E-state index contributed by atoms with van der Waals surface area (Å²) in [6, 6.07) is 5.96. The van der Waals surface area contributed by atoms with Crippen molar-refractivity contribution in [1.82, 2.24) is 5.16 Å². The zero-order valence-electron chi connectivity index (χ0n) is 8.74. The van der Waals surface area contributed by atoms with Gasteiger partial charge in [-0.2, -0.15) is 0 Å². The van der Waals surface area contributed by atoms with Crippen LogP contribution in [0.15, 0.2) is 28.8 Å². The maximum atomic E-state index is 12.8. The second kappa shape index (κ2) is 4.32. The van der Waals surface area contributed by atoms with Crippen molar-refractivity contribution in [3.05, 3.63) is 35.8 Å². The van der Waals surface area contributed by atoms with Crippen LogP contribution in [0, 0.1) is 5.82 Å². The summed E-state index contributed by atoms with van der Waals surface area (Å²) in [5.74, 6) is -0.0919. The number of methoxy groups -OCH3 is 1. The van der Waals surface area contributed by atoms with Crippen molar-refractivity contribution in [3.63, 3.8) is 0 Å². The Hall–Kier alpha value is -1.88. The minimum atomic E-state index is -0.299. The first-order valence-corrected chi connectivity index (χ1v) is 4.71. The van der Waals surface area contributed by atoms with Gasteiger partial charge in [-0.1, -0.05) is 17.3 Å². The zero-order chi connectivity index (χ0) is 11.5. The Balaban J connectivity index is 2.45. The van der Waals surface area contributed by atoms with Gasteiger partial charge in [0.25, 0.3) is 0 Å². The summed E-state index contributed by atoms with van der Waals surface area (Å²) in [5.41, 5.74) is 7.68. The number of aromatic nitrogens is 1. The molecule has 2 aromatic rings. The van der Waals surface area contributed by atoms with Crippen molar-refractivity contribution in [2.75, 3.05) is 12.8 Å². The molecule has 84 valence electrons. The molecule has 2 N–H and O–H groups in total. The Morgan fingerprint density at radius 3 is 2.69 bits per heavy atom. The highest BCUT2D eigenvalue weighted by molar-refractivity contribution is 5.74. The summed E-state index contributed by atoms with van der Waals surface area (Å²) in [6.45, 7) is 0.299. The van der Waals surface area contributed by atoms with E-state index >= 15 is 0 Å². The Morgan fingerprint density at radius 2 is 2.06 bits per heavy atom. The normalized spacial score (nSPS) is 10.6. The van der Waals surface area contributed by atoms with Crippen LogP contribution in [0.5, 0.6) is 0 Å². The molecule has 0 radical (unpaired) electrons. The van der Waals surface area contributed by atoms with Gasteiger partial charge in [-0.25, -0.2) is 4.39 Å². The van der Waals surface area contributed by atoms with Gasteiger partial charge in [0.15, 0.2) is 0 Å². The first-order chi connectivity index (χ1) is 7.72. The lowest BCUT2D eigenvalue weighted by atomic mass is 10.1. The van der Waals surface area contributed by atoms with Crippen LogP contribution in [0.1, 0.15) is 5.69 Å². The fraction of sp³-hybridized carbons (Fsp3) is 0.182. The lowest BCUT2D eigenvalue weighted by molar-refractivity contribution is 0.178. The molecule has 5 heteroatoms. The molecule has 2 rings (SSSR count). The summed E-state index contributed by atoms with van der Waals surface area (Å²) >= 11 is 0. The number of hydrogen-bond acceptors (Lipinski definition) is 4. The third-order valence-corrected chi connectivity index (χ3v) is 2.20. The van der Waals surface area contributed by atoms with Gasteiger partial charge in [-0.3, -0.25) is 0 Å². The van der Waals surface area contributed by atoms with Crippen molar-refractivity contribution in [3.8, 4) is 11.1 Å². The largest absolute Gasteiger partial charge is 0.378 e. The standard InChI is InChI=1S/C11H11FN2O2/c1-15-6-9-10(11(13)16-14-9)7-2-4-8(12)5-3-7/h2-5H,6,13H2,1H3. The van der Waals surface area contributed by atoms with E-state index in [0.29, 0.717) is 17.9 Å². The topological polar surface area (TPSA) is 61.3 Å². The van der Waals surface area contributed by atoms with Crippen LogP contribution in [0.4, 0.5) is 10.3 Å². The molecule has 1 aromatic carbocycles. The molecule has 0 saturated heterocycles. The van der Waals surface area contributed by atoms with Crippen molar-refractivity contribution in [1.29, 1.82) is 0 Å². The van der Waals surface area contributed by atoms with E-state index in [1.165, 1.54) is 12.1 Å². The molecule has 0 bridgehead atoms. The number of benzene rings is 1. The van der Waals surface area contributed by atoms with Gasteiger partial charge < -0.3 is 15.0 Å². The van der Waals surface area contributed by atoms with Crippen LogP contribution in [-0.4, -0.2) is 12.3 Å². The third kappa shape index (κ3) is 1.90. The Morgan fingerprint density at radius 1 is 1.38 bits per heavy atom. The van der Waals surface area contributed by atoms with Crippen LogP contribution in [0.25, 0.3) is 11.1 Å². The molecule has 4 nitrogen and oxygen atoms in total. The predicted octanol–water partition coefficient (Wildman–Crippen LogP) is 2.21. The predicted molar refractivity (Wildman–Crippen MR) is 57.0 cm³/mol. The van der Waals surface area contributed by atoms with Crippen molar-refractivity contribution in [2.45, 2.75) is 6.61 Å².